The lowest BCUT2D eigenvalue weighted by Gasteiger charge is -2.06. The van der Waals surface area contributed by atoms with Crippen LogP contribution in [0.5, 0.6) is 11.5 Å². The molecule has 8 heteroatoms. The minimum absolute atomic E-state index is 0.177. The molecule has 0 aliphatic rings. The first-order valence-corrected chi connectivity index (χ1v) is 11.2. The standard InChI is InChI=1S/C23H18N2O4S2/c1-2-28-17-9-5-15(6-10-17)22-25-19(14-31-22)23(27)29-18-11-7-16(8-12-18)24-21(26)20-4-3-13-30-20/h3-14H,2H2,1H3,(H,24,26). The summed E-state index contributed by atoms with van der Waals surface area (Å²) in [5.41, 5.74) is 1.76. The van der Waals surface area contributed by atoms with Crippen LogP contribution in [0.1, 0.15) is 27.1 Å². The molecule has 0 saturated carbocycles. The molecule has 1 N–H and O–H groups in total. The van der Waals surface area contributed by atoms with Crippen molar-refractivity contribution in [2.75, 3.05) is 11.9 Å². The van der Waals surface area contributed by atoms with Gasteiger partial charge in [-0.3, -0.25) is 4.79 Å². The fourth-order valence-electron chi connectivity index (χ4n) is 2.73. The Hall–Kier alpha value is -3.49. The molecule has 156 valence electrons. The SMILES string of the molecule is CCOc1ccc(-c2nc(C(=O)Oc3ccc(NC(=O)c4cccs4)cc3)cs2)cc1. The van der Waals surface area contributed by atoms with Gasteiger partial charge >= 0.3 is 5.97 Å². The highest BCUT2D eigenvalue weighted by Crippen LogP contribution is 2.26. The lowest BCUT2D eigenvalue weighted by molar-refractivity contribution is 0.0729. The summed E-state index contributed by atoms with van der Waals surface area (Å²) in [5, 5.41) is 7.04. The number of ether oxygens (including phenoxy) is 2. The number of esters is 1. The Balaban J connectivity index is 1.37. The monoisotopic (exact) mass is 450 g/mol. The minimum Gasteiger partial charge on any atom is -0.494 e. The van der Waals surface area contributed by atoms with Gasteiger partial charge in [0, 0.05) is 16.6 Å². The zero-order valence-electron chi connectivity index (χ0n) is 16.5. The number of hydrogen-bond donors (Lipinski definition) is 1. The Kier molecular flexibility index (Phi) is 6.40. The van der Waals surface area contributed by atoms with Crippen molar-refractivity contribution >= 4 is 40.2 Å². The van der Waals surface area contributed by atoms with E-state index in [1.165, 1.54) is 22.7 Å². The van der Waals surface area contributed by atoms with Crippen molar-refractivity contribution in [2.24, 2.45) is 0 Å². The first kappa shape index (κ1) is 20.8. The highest BCUT2D eigenvalue weighted by molar-refractivity contribution is 7.13. The molecule has 0 fully saturated rings. The van der Waals surface area contributed by atoms with Gasteiger partial charge in [0.25, 0.3) is 5.91 Å². The maximum atomic E-state index is 12.4. The number of aromatic nitrogens is 1. The summed E-state index contributed by atoms with van der Waals surface area (Å²) in [4.78, 5) is 29.6. The highest BCUT2D eigenvalue weighted by atomic mass is 32.1. The minimum atomic E-state index is -0.538. The quantitative estimate of drug-likeness (QED) is 0.287. The first-order valence-electron chi connectivity index (χ1n) is 9.48. The fraction of sp³-hybridized carbons (Fsp3) is 0.0870. The molecule has 0 aliphatic carbocycles. The van der Waals surface area contributed by atoms with E-state index in [-0.39, 0.29) is 11.6 Å². The van der Waals surface area contributed by atoms with Crippen LogP contribution in [-0.2, 0) is 0 Å². The van der Waals surface area contributed by atoms with Gasteiger partial charge in [0.2, 0.25) is 0 Å². The molecule has 1 amide bonds. The summed E-state index contributed by atoms with van der Waals surface area (Å²) in [6, 6.07) is 17.7. The zero-order chi connectivity index (χ0) is 21.6. The van der Waals surface area contributed by atoms with Crippen LogP contribution >= 0.6 is 22.7 Å². The van der Waals surface area contributed by atoms with Crippen molar-refractivity contribution in [3.8, 4) is 22.1 Å². The summed E-state index contributed by atoms with van der Waals surface area (Å²) in [7, 11) is 0. The molecular weight excluding hydrogens is 432 g/mol. The smallest absolute Gasteiger partial charge is 0.363 e. The maximum Gasteiger partial charge on any atom is 0.363 e. The topological polar surface area (TPSA) is 77.5 Å². The largest absolute Gasteiger partial charge is 0.494 e. The van der Waals surface area contributed by atoms with Crippen molar-refractivity contribution in [2.45, 2.75) is 6.92 Å². The molecule has 0 saturated heterocycles. The van der Waals surface area contributed by atoms with Gasteiger partial charge in [0.1, 0.15) is 16.5 Å². The average molecular weight is 451 g/mol. The Bertz CT molecular complexity index is 1170. The van der Waals surface area contributed by atoms with E-state index in [9.17, 15) is 9.59 Å². The van der Waals surface area contributed by atoms with Crippen LogP contribution in [0.25, 0.3) is 10.6 Å². The third kappa shape index (κ3) is 5.17. The molecule has 0 spiro atoms. The number of hydrogen-bond acceptors (Lipinski definition) is 7. The van der Waals surface area contributed by atoms with Crippen molar-refractivity contribution in [3.05, 3.63) is 82.0 Å². The van der Waals surface area contributed by atoms with Crippen LogP contribution in [-0.4, -0.2) is 23.5 Å². The number of amides is 1. The summed E-state index contributed by atoms with van der Waals surface area (Å²) in [5.74, 6) is 0.444. The number of benzene rings is 2. The molecule has 0 unspecified atom stereocenters. The lowest BCUT2D eigenvalue weighted by atomic mass is 10.2. The zero-order valence-corrected chi connectivity index (χ0v) is 18.2. The van der Waals surface area contributed by atoms with Gasteiger partial charge in [-0.1, -0.05) is 6.07 Å². The number of nitrogens with one attached hydrogen (secondary N) is 1. The Morgan fingerprint density at radius 3 is 2.39 bits per heavy atom. The van der Waals surface area contributed by atoms with E-state index in [4.69, 9.17) is 9.47 Å². The van der Waals surface area contributed by atoms with Crippen molar-refractivity contribution in [1.29, 1.82) is 0 Å². The van der Waals surface area contributed by atoms with E-state index in [1.807, 2.05) is 42.6 Å². The van der Waals surface area contributed by atoms with E-state index in [0.717, 1.165) is 16.3 Å². The molecule has 0 radical (unpaired) electrons. The Labute approximate surface area is 187 Å². The molecule has 2 heterocycles. The molecule has 31 heavy (non-hydrogen) atoms. The van der Waals surface area contributed by atoms with Crippen LogP contribution < -0.4 is 14.8 Å². The van der Waals surface area contributed by atoms with Gasteiger partial charge in [-0.25, -0.2) is 9.78 Å². The predicted molar refractivity (Wildman–Crippen MR) is 122 cm³/mol. The van der Waals surface area contributed by atoms with Crippen molar-refractivity contribution in [1.82, 2.24) is 4.98 Å². The highest BCUT2D eigenvalue weighted by Gasteiger charge is 2.15. The second kappa shape index (κ2) is 9.55. The van der Waals surface area contributed by atoms with Crippen LogP contribution in [0.2, 0.25) is 0 Å². The van der Waals surface area contributed by atoms with E-state index < -0.39 is 5.97 Å². The van der Waals surface area contributed by atoms with Crippen LogP contribution in [0.3, 0.4) is 0 Å². The molecule has 6 nitrogen and oxygen atoms in total. The number of carbonyl (C=O) groups excluding carboxylic acids is 2. The van der Waals surface area contributed by atoms with Gasteiger partial charge in [-0.2, -0.15) is 0 Å². The third-order valence-electron chi connectivity index (χ3n) is 4.19. The van der Waals surface area contributed by atoms with Crippen LogP contribution in [0.4, 0.5) is 5.69 Å². The van der Waals surface area contributed by atoms with Crippen molar-refractivity contribution in [3.63, 3.8) is 0 Å². The summed E-state index contributed by atoms with van der Waals surface area (Å²) in [6.45, 7) is 2.54. The second-order valence-electron chi connectivity index (χ2n) is 6.34. The van der Waals surface area contributed by atoms with Gasteiger partial charge in [-0.15, -0.1) is 22.7 Å². The average Bonchev–Trinajstić information content (AvgIpc) is 3.49. The Morgan fingerprint density at radius 2 is 1.71 bits per heavy atom. The predicted octanol–water partition coefficient (Wildman–Crippen LogP) is 5.74. The number of thiazole rings is 1. The lowest BCUT2D eigenvalue weighted by Crippen LogP contribution is -2.11. The Morgan fingerprint density at radius 1 is 0.968 bits per heavy atom. The second-order valence-corrected chi connectivity index (χ2v) is 8.15. The molecule has 0 aliphatic heterocycles. The molecule has 4 rings (SSSR count). The van der Waals surface area contributed by atoms with Gasteiger partial charge < -0.3 is 14.8 Å². The molecule has 4 aromatic rings. The molecule has 2 aromatic heterocycles. The van der Waals surface area contributed by atoms with E-state index in [1.54, 1.807) is 35.7 Å². The normalized spacial score (nSPS) is 10.5. The number of rotatable bonds is 7. The molecule has 2 aromatic carbocycles. The summed E-state index contributed by atoms with van der Waals surface area (Å²) < 4.78 is 10.8. The van der Waals surface area contributed by atoms with Crippen molar-refractivity contribution < 1.29 is 19.1 Å². The number of thiophene rings is 1. The van der Waals surface area contributed by atoms with E-state index >= 15 is 0 Å². The fourth-order valence-corrected chi connectivity index (χ4v) is 4.14. The number of anilines is 1. The number of nitrogens with zero attached hydrogens (tertiary/aromatic N) is 1. The summed E-state index contributed by atoms with van der Waals surface area (Å²) >= 11 is 2.74. The third-order valence-corrected chi connectivity index (χ3v) is 5.95. The first-order chi connectivity index (χ1) is 15.1. The number of carbonyl (C=O) groups is 2. The van der Waals surface area contributed by atoms with Crippen LogP contribution in [0, 0.1) is 0 Å². The summed E-state index contributed by atoms with van der Waals surface area (Å²) in [6.07, 6.45) is 0. The van der Waals surface area contributed by atoms with Gasteiger partial charge in [0.05, 0.1) is 11.5 Å². The maximum absolute atomic E-state index is 12.4. The van der Waals surface area contributed by atoms with Gasteiger partial charge in [0.15, 0.2) is 5.69 Å². The van der Waals surface area contributed by atoms with Gasteiger partial charge in [-0.05, 0) is 66.9 Å². The molecular formula is C23H18N2O4S2. The molecule has 0 bridgehead atoms. The molecule has 0 atom stereocenters. The van der Waals surface area contributed by atoms with Crippen LogP contribution in [0.15, 0.2) is 71.4 Å². The van der Waals surface area contributed by atoms with E-state index in [2.05, 4.69) is 10.3 Å². The van der Waals surface area contributed by atoms with E-state index in [0.29, 0.717) is 22.9 Å².